The topological polar surface area (TPSA) is 73.6 Å². The van der Waals surface area contributed by atoms with E-state index in [0.29, 0.717) is 32.6 Å². The number of amides is 1. The largest absolute Gasteiger partial charge is 0.497 e. The van der Waals surface area contributed by atoms with Crippen LogP contribution in [0.3, 0.4) is 0 Å². The lowest BCUT2D eigenvalue weighted by atomic mass is 9.90. The molecular weight excluding hydrogens is 324 g/mol. The normalized spacial score (nSPS) is 17.6. The molecule has 0 bridgehead atoms. The van der Waals surface area contributed by atoms with Gasteiger partial charge in [0.1, 0.15) is 5.75 Å². The summed E-state index contributed by atoms with van der Waals surface area (Å²) in [6.07, 6.45) is 1.11. The average molecular weight is 343 g/mol. The molecular formula is C14H19BrN2O3. The highest BCUT2D eigenvalue weighted by Crippen LogP contribution is 2.23. The van der Waals surface area contributed by atoms with Gasteiger partial charge in [0.15, 0.2) is 0 Å². The first kappa shape index (κ1) is 15.3. The molecule has 0 spiro atoms. The van der Waals surface area contributed by atoms with Crippen LogP contribution in [0.2, 0.25) is 0 Å². The predicted molar refractivity (Wildman–Crippen MR) is 79.5 cm³/mol. The van der Waals surface area contributed by atoms with Gasteiger partial charge in [-0.15, -0.1) is 0 Å². The molecule has 1 aromatic rings. The molecule has 5 nitrogen and oxygen atoms in total. The maximum atomic E-state index is 12.2. The standard InChI is InChI=1S/C14H19BrN2O3/c1-19-11-2-3-12(15)10(8-11)9-17-13(18)14(16)4-6-20-7-5-14/h2-3,8H,4-7,9,16H2,1H3,(H,17,18). The average Bonchev–Trinajstić information content (AvgIpc) is 2.47. The summed E-state index contributed by atoms with van der Waals surface area (Å²) in [4.78, 5) is 12.2. The predicted octanol–water partition coefficient (Wildman–Crippen LogP) is 1.58. The minimum absolute atomic E-state index is 0.129. The lowest BCUT2D eigenvalue weighted by Gasteiger charge is -2.31. The molecule has 2 rings (SSSR count). The summed E-state index contributed by atoms with van der Waals surface area (Å²) in [5.41, 5.74) is 6.27. The first-order valence-electron chi connectivity index (χ1n) is 6.52. The first-order valence-corrected chi connectivity index (χ1v) is 7.32. The Balaban J connectivity index is 1.99. The molecule has 0 aliphatic carbocycles. The fourth-order valence-electron chi connectivity index (χ4n) is 2.13. The second-order valence-electron chi connectivity index (χ2n) is 4.91. The highest BCUT2D eigenvalue weighted by atomic mass is 79.9. The number of carbonyl (C=O) groups is 1. The van der Waals surface area contributed by atoms with Gasteiger partial charge in [0, 0.05) is 24.2 Å². The molecule has 1 saturated heterocycles. The number of hydrogen-bond donors (Lipinski definition) is 2. The Morgan fingerprint density at radius 1 is 1.50 bits per heavy atom. The zero-order chi connectivity index (χ0) is 14.6. The van der Waals surface area contributed by atoms with Crippen LogP contribution in [-0.4, -0.2) is 31.8 Å². The summed E-state index contributed by atoms with van der Waals surface area (Å²) < 4.78 is 11.3. The molecule has 0 aromatic heterocycles. The van der Waals surface area contributed by atoms with Crippen molar-refractivity contribution in [3.05, 3.63) is 28.2 Å². The third-order valence-corrected chi connectivity index (χ3v) is 4.30. The quantitative estimate of drug-likeness (QED) is 0.871. The Morgan fingerprint density at radius 2 is 2.20 bits per heavy atom. The van der Waals surface area contributed by atoms with Crippen LogP contribution in [-0.2, 0) is 16.1 Å². The maximum Gasteiger partial charge on any atom is 0.240 e. The van der Waals surface area contributed by atoms with E-state index < -0.39 is 5.54 Å². The molecule has 1 fully saturated rings. The van der Waals surface area contributed by atoms with E-state index in [-0.39, 0.29) is 5.91 Å². The Kier molecular flexibility index (Phi) is 5.01. The van der Waals surface area contributed by atoms with Gasteiger partial charge < -0.3 is 20.5 Å². The first-order chi connectivity index (χ1) is 9.55. The van der Waals surface area contributed by atoms with Crippen LogP contribution in [0, 0.1) is 0 Å². The SMILES string of the molecule is COc1ccc(Br)c(CNC(=O)C2(N)CCOCC2)c1. The van der Waals surface area contributed by atoms with Gasteiger partial charge in [-0.05, 0) is 36.6 Å². The van der Waals surface area contributed by atoms with E-state index in [2.05, 4.69) is 21.2 Å². The molecule has 0 atom stereocenters. The molecule has 1 heterocycles. The molecule has 3 N–H and O–H groups in total. The zero-order valence-electron chi connectivity index (χ0n) is 11.4. The van der Waals surface area contributed by atoms with Gasteiger partial charge in [-0.25, -0.2) is 0 Å². The fraction of sp³-hybridized carbons (Fsp3) is 0.500. The van der Waals surface area contributed by atoms with Gasteiger partial charge in [-0.1, -0.05) is 15.9 Å². The number of rotatable bonds is 4. The van der Waals surface area contributed by atoms with Crippen molar-refractivity contribution in [1.82, 2.24) is 5.32 Å². The Hall–Kier alpha value is -1.11. The summed E-state index contributed by atoms with van der Waals surface area (Å²) in [5, 5.41) is 2.90. The van der Waals surface area contributed by atoms with Crippen LogP contribution in [0.5, 0.6) is 5.75 Å². The molecule has 6 heteroatoms. The van der Waals surface area contributed by atoms with Crippen molar-refractivity contribution in [2.45, 2.75) is 24.9 Å². The fourth-order valence-corrected chi connectivity index (χ4v) is 2.51. The van der Waals surface area contributed by atoms with E-state index in [1.807, 2.05) is 18.2 Å². The molecule has 1 aromatic carbocycles. The highest BCUT2D eigenvalue weighted by molar-refractivity contribution is 9.10. The minimum atomic E-state index is -0.816. The summed E-state index contributed by atoms with van der Waals surface area (Å²) in [5.74, 6) is 0.626. The van der Waals surface area contributed by atoms with Crippen LogP contribution in [0.1, 0.15) is 18.4 Å². The lowest BCUT2D eigenvalue weighted by molar-refractivity contribution is -0.129. The highest BCUT2D eigenvalue weighted by Gasteiger charge is 2.35. The van der Waals surface area contributed by atoms with Crippen molar-refractivity contribution in [3.8, 4) is 5.75 Å². The number of ether oxygens (including phenoxy) is 2. The van der Waals surface area contributed by atoms with Crippen LogP contribution >= 0.6 is 15.9 Å². The number of benzene rings is 1. The van der Waals surface area contributed by atoms with Crippen molar-refractivity contribution in [1.29, 1.82) is 0 Å². The molecule has 1 aliphatic rings. The number of hydrogen-bond acceptors (Lipinski definition) is 4. The minimum Gasteiger partial charge on any atom is -0.497 e. The van der Waals surface area contributed by atoms with Crippen molar-refractivity contribution >= 4 is 21.8 Å². The number of halogens is 1. The third kappa shape index (κ3) is 3.50. The van der Waals surface area contributed by atoms with Gasteiger partial charge >= 0.3 is 0 Å². The molecule has 1 aliphatic heterocycles. The second-order valence-corrected chi connectivity index (χ2v) is 5.76. The summed E-state index contributed by atoms with van der Waals surface area (Å²) in [6, 6.07) is 5.64. The summed E-state index contributed by atoms with van der Waals surface area (Å²) in [7, 11) is 1.61. The molecule has 110 valence electrons. The van der Waals surface area contributed by atoms with Gasteiger partial charge in [-0.3, -0.25) is 4.79 Å². The van der Waals surface area contributed by atoms with E-state index in [4.69, 9.17) is 15.2 Å². The lowest BCUT2D eigenvalue weighted by Crippen LogP contribution is -2.56. The van der Waals surface area contributed by atoms with Crippen molar-refractivity contribution in [2.75, 3.05) is 20.3 Å². The maximum absolute atomic E-state index is 12.2. The van der Waals surface area contributed by atoms with Gasteiger partial charge in [0.25, 0.3) is 0 Å². The van der Waals surface area contributed by atoms with Crippen LogP contribution < -0.4 is 15.8 Å². The molecule has 1 amide bonds. The number of carbonyl (C=O) groups excluding carboxylic acids is 1. The molecule has 0 saturated carbocycles. The van der Waals surface area contributed by atoms with Crippen LogP contribution in [0.4, 0.5) is 0 Å². The molecule has 0 radical (unpaired) electrons. The van der Waals surface area contributed by atoms with Gasteiger partial charge in [0.05, 0.1) is 12.6 Å². The van der Waals surface area contributed by atoms with Crippen LogP contribution in [0.25, 0.3) is 0 Å². The second kappa shape index (κ2) is 6.56. The van der Waals surface area contributed by atoms with Gasteiger partial charge in [0.2, 0.25) is 5.91 Å². The van der Waals surface area contributed by atoms with E-state index >= 15 is 0 Å². The summed E-state index contributed by atoms with van der Waals surface area (Å²) >= 11 is 3.46. The third-order valence-electron chi connectivity index (χ3n) is 3.53. The van der Waals surface area contributed by atoms with E-state index in [0.717, 1.165) is 15.8 Å². The summed E-state index contributed by atoms with van der Waals surface area (Å²) in [6.45, 7) is 1.48. The van der Waals surface area contributed by atoms with Crippen LogP contribution in [0.15, 0.2) is 22.7 Å². The smallest absolute Gasteiger partial charge is 0.240 e. The Morgan fingerprint density at radius 3 is 2.85 bits per heavy atom. The Bertz CT molecular complexity index is 487. The monoisotopic (exact) mass is 342 g/mol. The number of nitrogens with two attached hydrogens (primary N) is 1. The Labute approximate surface area is 126 Å². The van der Waals surface area contributed by atoms with E-state index in [1.54, 1.807) is 7.11 Å². The zero-order valence-corrected chi connectivity index (χ0v) is 13.0. The number of nitrogens with one attached hydrogen (secondary N) is 1. The van der Waals surface area contributed by atoms with Crippen molar-refractivity contribution < 1.29 is 14.3 Å². The van der Waals surface area contributed by atoms with E-state index in [9.17, 15) is 4.79 Å². The molecule has 0 unspecified atom stereocenters. The van der Waals surface area contributed by atoms with E-state index in [1.165, 1.54) is 0 Å². The van der Waals surface area contributed by atoms with Crippen molar-refractivity contribution in [2.24, 2.45) is 5.73 Å². The van der Waals surface area contributed by atoms with Crippen molar-refractivity contribution in [3.63, 3.8) is 0 Å². The molecule has 20 heavy (non-hydrogen) atoms. The van der Waals surface area contributed by atoms with Gasteiger partial charge in [-0.2, -0.15) is 0 Å². The number of methoxy groups -OCH3 is 1.